The number of allylic oxidation sites excluding steroid dienone is 3. The zero-order valence-corrected chi connectivity index (χ0v) is 41.3. The highest BCUT2D eigenvalue weighted by Crippen LogP contribution is 2.50. The third-order valence-electron chi connectivity index (χ3n) is 14.0. The maximum absolute atomic E-state index is 6.86. The molecule has 0 amide bonds. The van der Waals surface area contributed by atoms with E-state index in [1.807, 2.05) is 6.20 Å². The van der Waals surface area contributed by atoms with E-state index in [-0.39, 0.29) is 23.1 Å². The highest BCUT2D eigenvalue weighted by atomic mass is 16.5. The number of rotatable bonds is 7. The summed E-state index contributed by atoms with van der Waals surface area (Å²) in [6.07, 6.45) is 8.53. The number of hydrogen-bond donors (Lipinski definition) is 0. The van der Waals surface area contributed by atoms with Crippen molar-refractivity contribution in [1.29, 1.82) is 0 Å². The van der Waals surface area contributed by atoms with E-state index in [4.69, 9.17) is 9.72 Å². The highest BCUT2D eigenvalue weighted by molar-refractivity contribution is 6.70. The Kier molecular flexibility index (Phi) is 10.6. The molecule has 0 N–H and O–H groups in total. The largest absolute Gasteiger partial charge is 0.457 e. The van der Waals surface area contributed by atoms with Crippen LogP contribution in [0.2, 0.25) is 0 Å². The van der Waals surface area contributed by atoms with E-state index < -0.39 is 0 Å². The van der Waals surface area contributed by atoms with Gasteiger partial charge in [-0.25, -0.2) is 4.98 Å². The lowest BCUT2D eigenvalue weighted by Gasteiger charge is -2.40. The molecular formula is C62H60BN5O. The fraction of sp³-hybridized carbons (Fsp3) is 0.210. The normalized spacial score (nSPS) is 15.1. The molecule has 0 saturated heterocycles. The summed E-state index contributed by atoms with van der Waals surface area (Å²) in [4.78, 5) is 12.3. The van der Waals surface area contributed by atoms with Crippen LogP contribution >= 0.6 is 0 Å². The molecule has 0 aliphatic carbocycles. The zero-order valence-electron chi connectivity index (χ0n) is 41.3. The molecule has 8 aromatic rings. The smallest absolute Gasteiger partial charge is 0.313 e. The Hall–Kier alpha value is -7.51. The van der Waals surface area contributed by atoms with Crippen molar-refractivity contribution in [3.8, 4) is 17.3 Å². The molecule has 69 heavy (non-hydrogen) atoms. The van der Waals surface area contributed by atoms with Crippen molar-refractivity contribution in [2.75, 3.05) is 16.5 Å². The van der Waals surface area contributed by atoms with Gasteiger partial charge in [0.25, 0.3) is 0 Å². The molecule has 0 radical (unpaired) electrons. The first-order valence-electron chi connectivity index (χ1n) is 24.3. The minimum Gasteiger partial charge on any atom is -0.457 e. The van der Waals surface area contributed by atoms with Crippen LogP contribution in [0.3, 0.4) is 0 Å². The van der Waals surface area contributed by atoms with Gasteiger partial charge in [0.2, 0.25) is 0 Å². The van der Waals surface area contributed by atoms with Crippen LogP contribution in [0, 0.1) is 0 Å². The van der Waals surface area contributed by atoms with Crippen LogP contribution in [0.15, 0.2) is 194 Å². The number of pyridine rings is 1. The predicted molar refractivity (Wildman–Crippen MR) is 291 cm³/mol. The summed E-state index contributed by atoms with van der Waals surface area (Å²) < 4.78 is 9.13. The molecule has 5 heterocycles. The maximum atomic E-state index is 6.86. The van der Waals surface area contributed by atoms with E-state index in [9.17, 15) is 0 Å². The van der Waals surface area contributed by atoms with Crippen LogP contribution < -0.4 is 14.5 Å². The number of nitrogens with zero attached hydrogens (tertiary/aromatic N) is 5. The summed E-state index contributed by atoms with van der Waals surface area (Å²) in [6, 6.07) is 55.0. The van der Waals surface area contributed by atoms with Crippen LogP contribution in [0.25, 0.3) is 38.9 Å². The summed E-state index contributed by atoms with van der Waals surface area (Å²) >= 11 is 0. The van der Waals surface area contributed by atoms with Gasteiger partial charge in [-0.3, -0.25) is 4.57 Å². The Morgan fingerprint density at radius 3 is 1.93 bits per heavy atom. The topological polar surface area (TPSA) is 36.8 Å². The standard InChI is InChI=1S/C62H60BN5O/c1-60(2,3)44-30-32-64-57(37-44)68-53-25-14-13-24-50(53)51-29-28-49(39-56(51)68)69-48-23-19-22-47(38-48)65-41-66(55-27-16-15-26-54(55)65)59-52(42-20-11-10-12-21-42)40-63-31-17-18-33-67(63)58(59)43-34-45(61(4,5)6)36-46(35-43)62(7,8)9/h10-40H,41H2,1-9H3. The van der Waals surface area contributed by atoms with Gasteiger partial charge in [-0.2, -0.15) is 0 Å². The quantitative estimate of drug-likeness (QED) is 0.149. The summed E-state index contributed by atoms with van der Waals surface area (Å²) in [6.45, 7) is 21.3. The minimum atomic E-state index is -0.0515. The van der Waals surface area contributed by atoms with Gasteiger partial charge in [0, 0.05) is 34.8 Å². The minimum absolute atomic E-state index is 0.0152. The first kappa shape index (κ1) is 44.0. The van der Waals surface area contributed by atoms with Gasteiger partial charge in [0.1, 0.15) is 24.0 Å². The second-order valence-electron chi connectivity index (χ2n) is 21.8. The molecule has 342 valence electrons. The van der Waals surface area contributed by atoms with E-state index in [0.29, 0.717) is 6.67 Å². The van der Waals surface area contributed by atoms with Gasteiger partial charge in [-0.15, -0.1) is 0 Å². The van der Waals surface area contributed by atoms with Crippen molar-refractivity contribution in [2.45, 2.75) is 78.6 Å². The van der Waals surface area contributed by atoms with Gasteiger partial charge in [0.05, 0.1) is 33.8 Å². The van der Waals surface area contributed by atoms with Gasteiger partial charge in [-0.1, -0.05) is 153 Å². The Labute approximate surface area is 408 Å². The van der Waals surface area contributed by atoms with Gasteiger partial charge in [0.15, 0.2) is 0 Å². The highest BCUT2D eigenvalue weighted by Gasteiger charge is 2.39. The van der Waals surface area contributed by atoms with Crippen molar-refractivity contribution in [3.05, 3.63) is 222 Å². The maximum Gasteiger partial charge on any atom is 0.313 e. The molecule has 6 nitrogen and oxygen atoms in total. The zero-order chi connectivity index (χ0) is 47.8. The number of benzene rings is 6. The molecule has 3 aliphatic heterocycles. The molecule has 3 aliphatic rings. The number of aromatic nitrogens is 2. The second-order valence-corrected chi connectivity index (χ2v) is 21.8. The van der Waals surface area contributed by atoms with Crippen LogP contribution in [0.4, 0.5) is 17.1 Å². The molecule has 0 atom stereocenters. The number of hydrogen-bond acceptors (Lipinski definition) is 5. The summed E-state index contributed by atoms with van der Waals surface area (Å²) in [7, 11) is 0. The molecule has 2 aromatic heterocycles. The lowest BCUT2D eigenvalue weighted by Crippen LogP contribution is -2.40. The molecule has 0 unspecified atom stereocenters. The van der Waals surface area contributed by atoms with Crippen LogP contribution in [-0.4, -0.2) is 27.9 Å². The van der Waals surface area contributed by atoms with Crippen molar-refractivity contribution in [2.24, 2.45) is 0 Å². The van der Waals surface area contributed by atoms with E-state index in [1.54, 1.807) is 0 Å². The Balaban J connectivity index is 1.02. The van der Waals surface area contributed by atoms with Gasteiger partial charge in [-0.05, 0) is 129 Å². The summed E-state index contributed by atoms with van der Waals surface area (Å²) in [5, 5.41) is 2.34. The average Bonchev–Trinajstić information content (AvgIpc) is 3.89. The number of para-hydroxylation sites is 3. The van der Waals surface area contributed by atoms with E-state index in [1.165, 1.54) is 50.2 Å². The Bertz CT molecular complexity index is 3400. The van der Waals surface area contributed by atoms with E-state index in [2.05, 4.69) is 263 Å². The van der Waals surface area contributed by atoms with Gasteiger partial charge >= 0.3 is 6.85 Å². The first-order chi connectivity index (χ1) is 33.1. The number of ether oxygens (including phenoxy) is 1. The number of fused-ring (bicyclic) bond motifs is 5. The fourth-order valence-corrected chi connectivity index (χ4v) is 10.2. The summed E-state index contributed by atoms with van der Waals surface area (Å²) in [5.41, 5.74) is 15.3. The van der Waals surface area contributed by atoms with Crippen molar-refractivity contribution in [1.82, 2.24) is 14.4 Å². The fourth-order valence-electron chi connectivity index (χ4n) is 10.2. The molecule has 6 aromatic carbocycles. The van der Waals surface area contributed by atoms with Crippen molar-refractivity contribution in [3.63, 3.8) is 0 Å². The first-order valence-corrected chi connectivity index (χ1v) is 24.3. The molecule has 11 rings (SSSR count). The van der Waals surface area contributed by atoms with Gasteiger partial charge < -0.3 is 19.3 Å². The second kappa shape index (κ2) is 16.6. The SMILES string of the molecule is CC(C)(C)c1cc(C2=C(N3CN(c4cccc(Oc5ccc6c7ccccc7n(-c7cc(C(C)(C)C)ccn7)c6c5)c4)c4ccccc43)C(c3ccccc3)=CB3C=CC=CN32)cc(C(C)(C)C)c1. The van der Waals surface area contributed by atoms with Crippen molar-refractivity contribution >= 4 is 57.0 Å². The molecule has 0 spiro atoms. The lowest BCUT2D eigenvalue weighted by atomic mass is 9.55. The van der Waals surface area contributed by atoms with Crippen LogP contribution in [-0.2, 0) is 16.2 Å². The molecular weight excluding hydrogens is 842 g/mol. The molecule has 0 bridgehead atoms. The molecule has 0 fully saturated rings. The average molecular weight is 902 g/mol. The Morgan fingerprint density at radius 1 is 0.522 bits per heavy atom. The Morgan fingerprint density at radius 2 is 1.19 bits per heavy atom. The molecule has 7 heteroatoms. The summed E-state index contributed by atoms with van der Waals surface area (Å²) in [5.74, 6) is 7.18. The molecule has 0 saturated carbocycles. The van der Waals surface area contributed by atoms with Crippen molar-refractivity contribution < 1.29 is 4.74 Å². The third-order valence-corrected chi connectivity index (χ3v) is 14.0. The predicted octanol–water partition coefficient (Wildman–Crippen LogP) is 15.7. The monoisotopic (exact) mass is 901 g/mol. The lowest BCUT2D eigenvalue weighted by molar-refractivity contribution is 0.483. The van der Waals surface area contributed by atoms with Crippen LogP contribution in [0.1, 0.15) is 90.1 Å². The van der Waals surface area contributed by atoms with E-state index >= 15 is 0 Å². The van der Waals surface area contributed by atoms with E-state index in [0.717, 1.165) is 50.8 Å². The van der Waals surface area contributed by atoms with Crippen LogP contribution in [0.5, 0.6) is 11.5 Å². The number of anilines is 3. The third kappa shape index (κ3) is 8.04.